The topological polar surface area (TPSA) is 20.2 Å². The van der Waals surface area contributed by atoms with Crippen LogP contribution in [0.3, 0.4) is 0 Å². The van der Waals surface area contributed by atoms with Gasteiger partial charge in [0.05, 0.1) is 6.10 Å². The molecule has 1 N–H and O–H groups in total. The van der Waals surface area contributed by atoms with Crippen molar-refractivity contribution >= 4 is 11.8 Å². The maximum atomic E-state index is 14.1. The first-order valence-corrected chi connectivity index (χ1v) is 6.10. The van der Waals surface area contributed by atoms with Crippen LogP contribution < -0.4 is 0 Å². The van der Waals surface area contributed by atoms with Gasteiger partial charge in [-0.05, 0) is 17.7 Å². The standard InChI is InChI=1S/C13H13FOS/c14-13(8-6-12(15)7-9-13)16-10-11-4-2-1-3-5-11/h1-9,12,15H,10H2. The van der Waals surface area contributed by atoms with Gasteiger partial charge < -0.3 is 5.11 Å². The zero-order valence-electron chi connectivity index (χ0n) is 8.71. The second-order valence-electron chi connectivity index (χ2n) is 3.68. The van der Waals surface area contributed by atoms with E-state index in [1.165, 1.54) is 36.1 Å². The molecule has 0 unspecified atom stereocenters. The predicted octanol–water partition coefficient (Wildman–Crippen LogP) is 3.07. The molecule has 1 aromatic rings. The van der Waals surface area contributed by atoms with Gasteiger partial charge in [0.15, 0.2) is 5.00 Å². The van der Waals surface area contributed by atoms with Crippen LogP contribution in [-0.4, -0.2) is 16.2 Å². The molecule has 1 aliphatic carbocycles. The molecule has 84 valence electrons. The predicted molar refractivity (Wildman–Crippen MR) is 65.9 cm³/mol. The Morgan fingerprint density at radius 2 is 1.81 bits per heavy atom. The van der Waals surface area contributed by atoms with Crippen LogP contribution >= 0.6 is 11.8 Å². The molecule has 0 aliphatic heterocycles. The lowest BCUT2D eigenvalue weighted by Crippen LogP contribution is -2.17. The summed E-state index contributed by atoms with van der Waals surface area (Å²) in [7, 11) is 0. The van der Waals surface area contributed by atoms with E-state index in [9.17, 15) is 9.50 Å². The third-order valence-corrected chi connectivity index (χ3v) is 3.54. The molecule has 1 aliphatic rings. The third-order valence-electron chi connectivity index (χ3n) is 2.34. The Balaban J connectivity index is 1.96. The van der Waals surface area contributed by atoms with Gasteiger partial charge in [0.2, 0.25) is 0 Å². The molecule has 0 spiro atoms. The summed E-state index contributed by atoms with van der Waals surface area (Å²) < 4.78 is 14.1. The van der Waals surface area contributed by atoms with E-state index in [1.54, 1.807) is 0 Å². The van der Waals surface area contributed by atoms with Gasteiger partial charge >= 0.3 is 0 Å². The van der Waals surface area contributed by atoms with Crippen LogP contribution in [0.2, 0.25) is 0 Å². The number of hydrogen-bond acceptors (Lipinski definition) is 2. The minimum atomic E-state index is -1.49. The summed E-state index contributed by atoms with van der Waals surface area (Å²) >= 11 is 1.20. The average Bonchev–Trinajstić information content (AvgIpc) is 2.33. The summed E-state index contributed by atoms with van der Waals surface area (Å²) in [5.41, 5.74) is 1.09. The molecule has 1 aromatic carbocycles. The first kappa shape index (κ1) is 11.4. The number of hydrogen-bond donors (Lipinski definition) is 1. The van der Waals surface area contributed by atoms with Crippen molar-refractivity contribution in [3.05, 3.63) is 60.2 Å². The fraction of sp³-hybridized carbons (Fsp3) is 0.231. The molecule has 0 heterocycles. The molecular weight excluding hydrogens is 223 g/mol. The van der Waals surface area contributed by atoms with Crippen molar-refractivity contribution in [1.29, 1.82) is 0 Å². The highest BCUT2D eigenvalue weighted by Gasteiger charge is 2.26. The normalized spacial score (nSPS) is 28.2. The van der Waals surface area contributed by atoms with Crippen LogP contribution in [0.4, 0.5) is 4.39 Å². The molecule has 0 saturated carbocycles. The molecule has 0 fully saturated rings. The Labute approximate surface area is 98.7 Å². The van der Waals surface area contributed by atoms with Crippen molar-refractivity contribution in [1.82, 2.24) is 0 Å². The molecular formula is C13H13FOS. The maximum absolute atomic E-state index is 14.1. The monoisotopic (exact) mass is 236 g/mol. The smallest absolute Gasteiger partial charge is 0.193 e. The maximum Gasteiger partial charge on any atom is 0.193 e. The Bertz CT molecular complexity index is 386. The molecule has 0 amide bonds. The number of rotatable bonds is 3. The van der Waals surface area contributed by atoms with Gasteiger partial charge in [-0.2, -0.15) is 0 Å². The van der Waals surface area contributed by atoms with Crippen LogP contribution in [-0.2, 0) is 5.75 Å². The van der Waals surface area contributed by atoms with Gasteiger partial charge in [-0.25, -0.2) is 4.39 Å². The Morgan fingerprint density at radius 3 is 2.44 bits per heavy atom. The molecule has 2 rings (SSSR count). The minimum Gasteiger partial charge on any atom is -0.385 e. The summed E-state index contributed by atoms with van der Waals surface area (Å²) in [5.74, 6) is 0.613. The van der Waals surface area contributed by atoms with Gasteiger partial charge in [0.1, 0.15) is 0 Å². The van der Waals surface area contributed by atoms with E-state index in [1.807, 2.05) is 30.3 Å². The number of thioether (sulfide) groups is 1. The van der Waals surface area contributed by atoms with Crippen molar-refractivity contribution in [2.75, 3.05) is 0 Å². The lowest BCUT2D eigenvalue weighted by Gasteiger charge is -2.20. The third kappa shape index (κ3) is 2.97. The largest absolute Gasteiger partial charge is 0.385 e. The molecule has 3 heteroatoms. The van der Waals surface area contributed by atoms with E-state index in [0.29, 0.717) is 5.75 Å². The number of aliphatic hydroxyl groups is 1. The van der Waals surface area contributed by atoms with Crippen LogP contribution in [0, 0.1) is 0 Å². The first-order chi connectivity index (χ1) is 7.68. The van der Waals surface area contributed by atoms with Gasteiger partial charge in [-0.15, -0.1) is 11.8 Å². The summed E-state index contributed by atoms with van der Waals surface area (Å²) in [6, 6.07) is 9.77. The van der Waals surface area contributed by atoms with Crippen molar-refractivity contribution < 1.29 is 9.50 Å². The number of alkyl halides is 1. The van der Waals surface area contributed by atoms with Crippen LogP contribution in [0.25, 0.3) is 0 Å². The highest BCUT2D eigenvalue weighted by molar-refractivity contribution is 8.00. The Morgan fingerprint density at radius 1 is 1.19 bits per heavy atom. The molecule has 0 atom stereocenters. The molecule has 0 bridgehead atoms. The SMILES string of the molecule is OC1C=CC(F)(SCc2ccccc2)C=C1. The molecule has 0 saturated heterocycles. The summed E-state index contributed by atoms with van der Waals surface area (Å²) in [5, 5.41) is 7.69. The first-order valence-electron chi connectivity index (χ1n) is 5.11. The second kappa shape index (κ2) is 4.85. The van der Waals surface area contributed by atoms with Crippen molar-refractivity contribution in [3.8, 4) is 0 Å². The van der Waals surface area contributed by atoms with Crippen LogP contribution in [0.1, 0.15) is 5.56 Å². The fourth-order valence-electron chi connectivity index (χ4n) is 1.44. The van der Waals surface area contributed by atoms with E-state index < -0.39 is 11.1 Å². The van der Waals surface area contributed by atoms with Gasteiger partial charge in [0.25, 0.3) is 0 Å². The molecule has 1 nitrogen and oxygen atoms in total. The van der Waals surface area contributed by atoms with E-state index in [4.69, 9.17) is 0 Å². The van der Waals surface area contributed by atoms with Crippen molar-refractivity contribution in [2.45, 2.75) is 16.9 Å². The number of halogens is 1. The average molecular weight is 236 g/mol. The van der Waals surface area contributed by atoms with E-state index in [2.05, 4.69) is 0 Å². The van der Waals surface area contributed by atoms with Crippen molar-refractivity contribution in [2.24, 2.45) is 0 Å². The summed E-state index contributed by atoms with van der Waals surface area (Å²) in [6.07, 6.45) is 5.10. The highest BCUT2D eigenvalue weighted by atomic mass is 32.2. The number of benzene rings is 1. The second-order valence-corrected chi connectivity index (χ2v) is 4.88. The lowest BCUT2D eigenvalue weighted by atomic mass is 10.1. The van der Waals surface area contributed by atoms with Crippen LogP contribution in [0.5, 0.6) is 0 Å². The lowest BCUT2D eigenvalue weighted by molar-refractivity contribution is 0.263. The fourth-order valence-corrected chi connectivity index (χ4v) is 2.37. The highest BCUT2D eigenvalue weighted by Crippen LogP contribution is 2.35. The van der Waals surface area contributed by atoms with Crippen LogP contribution in [0.15, 0.2) is 54.6 Å². The van der Waals surface area contributed by atoms with E-state index in [-0.39, 0.29) is 0 Å². The van der Waals surface area contributed by atoms with Gasteiger partial charge in [0, 0.05) is 5.75 Å². The Hall–Kier alpha value is -1.06. The van der Waals surface area contributed by atoms with Crippen molar-refractivity contribution in [3.63, 3.8) is 0 Å². The summed E-state index contributed by atoms with van der Waals surface area (Å²) in [4.78, 5) is 0. The van der Waals surface area contributed by atoms with Gasteiger partial charge in [-0.3, -0.25) is 0 Å². The molecule has 0 aromatic heterocycles. The minimum absolute atomic E-state index is 0.613. The zero-order chi connectivity index (χ0) is 11.4. The molecule has 16 heavy (non-hydrogen) atoms. The zero-order valence-corrected chi connectivity index (χ0v) is 9.53. The summed E-state index contributed by atoms with van der Waals surface area (Å²) in [6.45, 7) is 0. The quantitative estimate of drug-likeness (QED) is 0.814. The molecule has 0 radical (unpaired) electrons. The van der Waals surface area contributed by atoms with Gasteiger partial charge in [-0.1, -0.05) is 42.5 Å². The number of aliphatic hydroxyl groups excluding tert-OH is 1. The van der Waals surface area contributed by atoms with E-state index in [0.717, 1.165) is 5.56 Å². The Kier molecular flexibility index (Phi) is 3.46. The van der Waals surface area contributed by atoms with E-state index >= 15 is 0 Å².